The first-order valence-electron chi connectivity index (χ1n) is 6.06. The van der Waals surface area contributed by atoms with Crippen LogP contribution >= 0.6 is 0 Å². The third-order valence-electron chi connectivity index (χ3n) is 2.58. The molecule has 1 amide bonds. The number of hydrogen-bond donors (Lipinski definition) is 2. The monoisotopic (exact) mass is 267 g/mol. The number of nitrogens with zero attached hydrogens (tertiary/aromatic N) is 2. The molecule has 0 spiro atoms. The lowest BCUT2D eigenvalue weighted by Crippen LogP contribution is -2.36. The number of hydrogen-bond acceptors (Lipinski definition) is 4. The summed E-state index contributed by atoms with van der Waals surface area (Å²) in [6.45, 7) is 0.870. The molecule has 0 aromatic rings. The van der Waals surface area contributed by atoms with Crippen molar-refractivity contribution in [3.63, 3.8) is 0 Å². The first-order valence-corrected chi connectivity index (χ1v) is 6.06. The fourth-order valence-electron chi connectivity index (χ4n) is 1.53. The van der Waals surface area contributed by atoms with Crippen molar-refractivity contribution < 1.29 is 18.7 Å². The van der Waals surface area contributed by atoms with Crippen molar-refractivity contribution in [2.75, 3.05) is 46.4 Å². The maximum Gasteiger partial charge on any atom is 0.251 e. The summed E-state index contributed by atoms with van der Waals surface area (Å²) in [6, 6.07) is 0. The molecule has 18 heavy (non-hydrogen) atoms. The molecule has 0 unspecified atom stereocenters. The first kappa shape index (κ1) is 17.2. The molecule has 0 aromatic carbocycles. The minimum atomic E-state index is -2.46. The summed E-state index contributed by atoms with van der Waals surface area (Å²) in [4.78, 5) is 14.6. The van der Waals surface area contributed by atoms with Gasteiger partial charge in [0.15, 0.2) is 0 Å². The second-order valence-electron chi connectivity index (χ2n) is 4.12. The Hall–Kier alpha value is -0.790. The average molecular weight is 267 g/mol. The van der Waals surface area contributed by atoms with Gasteiger partial charge in [-0.15, -0.1) is 0 Å². The molecule has 7 heteroatoms. The van der Waals surface area contributed by atoms with Gasteiger partial charge in [-0.1, -0.05) is 0 Å². The summed E-state index contributed by atoms with van der Waals surface area (Å²) in [5.41, 5.74) is 5.34. The van der Waals surface area contributed by atoms with Crippen LogP contribution in [0.15, 0.2) is 0 Å². The summed E-state index contributed by atoms with van der Waals surface area (Å²) >= 11 is 0. The Kier molecular flexibility index (Phi) is 9.72. The molecular weight excluding hydrogens is 244 g/mol. The lowest BCUT2D eigenvalue weighted by Gasteiger charge is -2.22. The molecule has 0 saturated heterocycles. The minimum Gasteiger partial charge on any atom is -0.395 e. The minimum absolute atomic E-state index is 0.0966. The van der Waals surface area contributed by atoms with Crippen LogP contribution in [-0.4, -0.2) is 73.6 Å². The number of rotatable bonds is 10. The fraction of sp³-hybridized carbons (Fsp3) is 0.909. The molecule has 108 valence electrons. The number of carbonyl (C=O) groups excluding carboxylic acids is 1. The zero-order chi connectivity index (χ0) is 14.0. The summed E-state index contributed by atoms with van der Waals surface area (Å²) < 4.78 is 24.5. The van der Waals surface area contributed by atoms with Gasteiger partial charge >= 0.3 is 0 Å². The van der Waals surface area contributed by atoms with Crippen LogP contribution in [0.3, 0.4) is 0 Å². The van der Waals surface area contributed by atoms with E-state index < -0.39 is 13.0 Å². The van der Waals surface area contributed by atoms with Crippen LogP contribution in [0.25, 0.3) is 0 Å². The Morgan fingerprint density at radius 3 is 2.50 bits per heavy atom. The summed E-state index contributed by atoms with van der Waals surface area (Å²) in [6.07, 6.45) is -1.56. The Labute approximate surface area is 107 Å². The summed E-state index contributed by atoms with van der Waals surface area (Å²) in [5.74, 6) is -0.0966. The topological polar surface area (TPSA) is 69.8 Å². The van der Waals surface area contributed by atoms with Crippen LogP contribution in [0.4, 0.5) is 8.78 Å². The van der Waals surface area contributed by atoms with Crippen LogP contribution in [-0.2, 0) is 4.79 Å². The predicted octanol–water partition coefficient (Wildman–Crippen LogP) is -0.257. The molecular formula is C11H23F2N3O2. The van der Waals surface area contributed by atoms with Crippen molar-refractivity contribution in [1.82, 2.24) is 9.80 Å². The molecule has 0 saturated carbocycles. The van der Waals surface area contributed by atoms with Gasteiger partial charge in [-0.2, -0.15) is 0 Å². The smallest absolute Gasteiger partial charge is 0.251 e. The van der Waals surface area contributed by atoms with Gasteiger partial charge in [0.25, 0.3) is 6.43 Å². The van der Waals surface area contributed by atoms with E-state index in [-0.39, 0.29) is 32.0 Å². The normalized spacial score (nSPS) is 11.3. The van der Waals surface area contributed by atoms with Crippen molar-refractivity contribution in [3.8, 4) is 0 Å². The van der Waals surface area contributed by atoms with Crippen molar-refractivity contribution in [2.45, 2.75) is 19.3 Å². The average Bonchev–Trinajstić information content (AvgIpc) is 2.32. The number of aliphatic hydroxyl groups excluding tert-OH is 1. The van der Waals surface area contributed by atoms with E-state index >= 15 is 0 Å². The van der Waals surface area contributed by atoms with Gasteiger partial charge in [0.05, 0.1) is 13.2 Å². The number of nitrogens with two attached hydrogens (primary N) is 1. The van der Waals surface area contributed by atoms with Crippen LogP contribution in [0, 0.1) is 0 Å². The molecule has 0 rings (SSSR count). The molecule has 0 atom stereocenters. The molecule has 0 aromatic heterocycles. The molecule has 3 N–H and O–H groups in total. The highest BCUT2D eigenvalue weighted by Crippen LogP contribution is 2.01. The molecule has 0 aliphatic heterocycles. The predicted molar refractivity (Wildman–Crippen MR) is 65.5 cm³/mol. The van der Waals surface area contributed by atoms with E-state index in [9.17, 15) is 13.6 Å². The van der Waals surface area contributed by atoms with Gasteiger partial charge in [0.1, 0.15) is 0 Å². The van der Waals surface area contributed by atoms with E-state index in [0.717, 1.165) is 6.42 Å². The van der Waals surface area contributed by atoms with Crippen molar-refractivity contribution in [3.05, 3.63) is 0 Å². The second-order valence-corrected chi connectivity index (χ2v) is 4.12. The zero-order valence-corrected chi connectivity index (χ0v) is 10.8. The number of carbonyl (C=O) groups is 1. The molecule has 0 fully saturated rings. The number of alkyl halides is 2. The van der Waals surface area contributed by atoms with Gasteiger partial charge < -0.3 is 15.7 Å². The molecule has 0 radical (unpaired) electrons. The summed E-state index contributed by atoms with van der Waals surface area (Å²) in [7, 11) is 1.67. The third-order valence-corrected chi connectivity index (χ3v) is 2.58. The lowest BCUT2D eigenvalue weighted by molar-refractivity contribution is -0.130. The van der Waals surface area contributed by atoms with E-state index in [1.165, 1.54) is 4.90 Å². The van der Waals surface area contributed by atoms with Crippen molar-refractivity contribution in [1.29, 1.82) is 0 Å². The van der Waals surface area contributed by atoms with Crippen LogP contribution in [0.5, 0.6) is 0 Å². The fourth-order valence-corrected chi connectivity index (χ4v) is 1.53. The highest BCUT2D eigenvalue weighted by atomic mass is 19.3. The van der Waals surface area contributed by atoms with Crippen molar-refractivity contribution in [2.24, 2.45) is 5.73 Å². The van der Waals surface area contributed by atoms with E-state index in [4.69, 9.17) is 10.8 Å². The molecule has 5 nitrogen and oxygen atoms in total. The number of aliphatic hydroxyl groups is 1. The Morgan fingerprint density at radius 2 is 2.00 bits per heavy atom. The van der Waals surface area contributed by atoms with Crippen LogP contribution in [0.2, 0.25) is 0 Å². The second kappa shape index (κ2) is 10.2. The number of halogens is 2. The Bertz CT molecular complexity index is 230. The highest BCUT2D eigenvalue weighted by Gasteiger charge is 2.14. The zero-order valence-electron chi connectivity index (χ0n) is 10.8. The Morgan fingerprint density at radius 1 is 1.33 bits per heavy atom. The van der Waals surface area contributed by atoms with Gasteiger partial charge in [-0.25, -0.2) is 8.78 Å². The van der Waals surface area contributed by atoms with Gasteiger partial charge in [0, 0.05) is 33.1 Å². The molecule has 0 aliphatic rings. The van der Waals surface area contributed by atoms with E-state index in [1.54, 1.807) is 11.9 Å². The van der Waals surface area contributed by atoms with Crippen molar-refractivity contribution >= 4 is 5.91 Å². The lowest BCUT2D eigenvalue weighted by atomic mass is 10.3. The maximum atomic E-state index is 12.2. The van der Waals surface area contributed by atoms with E-state index in [0.29, 0.717) is 13.1 Å². The van der Waals surface area contributed by atoms with Gasteiger partial charge in [-0.05, 0) is 13.0 Å². The van der Waals surface area contributed by atoms with E-state index in [2.05, 4.69) is 0 Å². The standard InChI is InChI=1S/C11H23F2N3O2/c1-15(5-2-4-14)11(18)3-6-16(7-8-17)9-10(12)13/h10,17H,2-9,14H2,1H3. The third kappa shape index (κ3) is 8.32. The van der Waals surface area contributed by atoms with Gasteiger partial charge in [-0.3, -0.25) is 9.69 Å². The largest absolute Gasteiger partial charge is 0.395 e. The van der Waals surface area contributed by atoms with E-state index in [1.807, 2.05) is 0 Å². The molecule has 0 heterocycles. The quantitative estimate of drug-likeness (QED) is 0.572. The molecule has 0 bridgehead atoms. The van der Waals surface area contributed by atoms with Crippen LogP contribution in [0.1, 0.15) is 12.8 Å². The number of amides is 1. The summed E-state index contributed by atoms with van der Waals surface area (Å²) in [5, 5.41) is 8.74. The van der Waals surface area contributed by atoms with Gasteiger partial charge in [0.2, 0.25) is 5.91 Å². The van der Waals surface area contributed by atoms with Crippen LogP contribution < -0.4 is 5.73 Å². The Balaban J connectivity index is 3.97. The highest BCUT2D eigenvalue weighted by molar-refractivity contribution is 5.76. The molecule has 0 aliphatic carbocycles. The SMILES string of the molecule is CN(CCCN)C(=O)CCN(CCO)CC(F)F. The first-order chi connectivity index (χ1) is 8.51. The maximum absolute atomic E-state index is 12.2.